The highest BCUT2D eigenvalue weighted by molar-refractivity contribution is 6.09. The smallest absolute Gasteiger partial charge is 0.0755 e. The van der Waals surface area contributed by atoms with Gasteiger partial charge in [0.25, 0.3) is 0 Å². The van der Waals surface area contributed by atoms with Gasteiger partial charge in [-0.25, -0.2) is 0 Å². The second-order valence-corrected chi connectivity index (χ2v) is 6.45. The molecule has 2 atom stereocenters. The van der Waals surface area contributed by atoms with Crippen LogP contribution in [0.4, 0.5) is 0 Å². The van der Waals surface area contributed by atoms with Gasteiger partial charge < -0.3 is 9.67 Å². The highest BCUT2D eigenvalue weighted by Crippen LogP contribution is 2.29. The van der Waals surface area contributed by atoms with Crippen molar-refractivity contribution in [3.63, 3.8) is 0 Å². The molecular formula is C21H26N2O. The molecule has 0 spiro atoms. The van der Waals surface area contributed by atoms with E-state index in [1.54, 1.807) is 0 Å². The molecule has 1 N–H and O–H groups in total. The number of rotatable bonds is 6. The van der Waals surface area contributed by atoms with E-state index in [-0.39, 0.29) is 12.6 Å². The van der Waals surface area contributed by atoms with E-state index in [4.69, 9.17) is 0 Å². The Labute approximate surface area is 143 Å². The van der Waals surface area contributed by atoms with Crippen LogP contribution < -0.4 is 0 Å². The molecule has 0 aliphatic carbocycles. The summed E-state index contributed by atoms with van der Waals surface area (Å²) >= 11 is 0. The average molecular weight is 322 g/mol. The van der Waals surface area contributed by atoms with Gasteiger partial charge in [0, 0.05) is 34.6 Å². The minimum atomic E-state index is -0.0253. The van der Waals surface area contributed by atoms with Crippen LogP contribution in [0.15, 0.2) is 47.5 Å². The largest absolute Gasteiger partial charge is 0.394 e. The number of hydrogen-bond donors (Lipinski definition) is 1. The second-order valence-electron chi connectivity index (χ2n) is 6.45. The lowest BCUT2D eigenvalue weighted by molar-refractivity contribution is 0.232. The van der Waals surface area contributed by atoms with E-state index < -0.39 is 0 Å². The number of fused-ring (bicyclic) bond motifs is 3. The summed E-state index contributed by atoms with van der Waals surface area (Å²) in [7, 11) is 0. The first kappa shape index (κ1) is 16.7. The summed E-state index contributed by atoms with van der Waals surface area (Å²) < 4.78 is 2.35. The summed E-state index contributed by atoms with van der Waals surface area (Å²) in [5.74, 6) is 0.386. The summed E-state index contributed by atoms with van der Waals surface area (Å²) in [5.41, 5.74) is 3.62. The summed E-state index contributed by atoms with van der Waals surface area (Å²) in [6, 6.07) is 15.0. The zero-order valence-electron chi connectivity index (χ0n) is 14.7. The lowest BCUT2D eigenvalue weighted by Crippen LogP contribution is -2.19. The third-order valence-electron chi connectivity index (χ3n) is 5.02. The molecule has 0 fully saturated rings. The number of benzene rings is 2. The number of aryl methyl sites for hydroxylation is 1. The Morgan fingerprint density at radius 1 is 1.08 bits per heavy atom. The van der Waals surface area contributed by atoms with E-state index in [2.05, 4.69) is 72.8 Å². The normalized spacial score (nSPS) is 14.7. The lowest BCUT2D eigenvalue weighted by atomic mass is 10.0. The maximum absolute atomic E-state index is 9.54. The number of aliphatic imine (C=N–C) groups is 1. The third-order valence-corrected chi connectivity index (χ3v) is 5.02. The van der Waals surface area contributed by atoms with E-state index in [0.29, 0.717) is 5.92 Å². The maximum Gasteiger partial charge on any atom is 0.0755 e. The number of nitrogens with zero attached hydrogens (tertiary/aromatic N) is 2. The van der Waals surface area contributed by atoms with Crippen molar-refractivity contribution in [2.75, 3.05) is 6.61 Å². The zero-order chi connectivity index (χ0) is 17.1. The highest BCUT2D eigenvalue weighted by Gasteiger charge is 2.13. The van der Waals surface area contributed by atoms with Crippen molar-refractivity contribution in [3.05, 3.63) is 48.0 Å². The van der Waals surface area contributed by atoms with Crippen molar-refractivity contribution >= 4 is 28.0 Å². The van der Waals surface area contributed by atoms with Crippen LogP contribution >= 0.6 is 0 Å². The Kier molecular flexibility index (Phi) is 5.00. The topological polar surface area (TPSA) is 37.5 Å². The van der Waals surface area contributed by atoms with E-state index in [1.807, 2.05) is 6.21 Å². The van der Waals surface area contributed by atoms with Gasteiger partial charge in [-0.3, -0.25) is 4.99 Å². The summed E-state index contributed by atoms with van der Waals surface area (Å²) in [6.45, 7) is 7.50. The number of aromatic nitrogens is 1. The molecule has 0 amide bonds. The SMILES string of the molecule is CCC(C)C(CO)N=Cc1ccc2c(c1)c1ccccc1n2CC. The van der Waals surface area contributed by atoms with Crippen LogP contribution in [0.25, 0.3) is 21.8 Å². The minimum Gasteiger partial charge on any atom is -0.394 e. The molecule has 3 nitrogen and oxygen atoms in total. The van der Waals surface area contributed by atoms with Gasteiger partial charge in [-0.15, -0.1) is 0 Å². The zero-order valence-corrected chi connectivity index (χ0v) is 14.7. The second kappa shape index (κ2) is 7.18. The van der Waals surface area contributed by atoms with Crippen molar-refractivity contribution in [3.8, 4) is 0 Å². The molecule has 0 saturated carbocycles. The summed E-state index contributed by atoms with van der Waals surface area (Å²) in [5, 5.41) is 12.1. The van der Waals surface area contributed by atoms with E-state index >= 15 is 0 Å². The minimum absolute atomic E-state index is 0.0253. The van der Waals surface area contributed by atoms with Gasteiger partial charge in [0.05, 0.1) is 12.6 Å². The average Bonchev–Trinajstić information content (AvgIpc) is 2.95. The van der Waals surface area contributed by atoms with Crippen LogP contribution in [0.3, 0.4) is 0 Å². The van der Waals surface area contributed by atoms with E-state index in [1.165, 1.54) is 21.8 Å². The molecule has 2 aromatic carbocycles. The van der Waals surface area contributed by atoms with E-state index in [0.717, 1.165) is 18.5 Å². The molecule has 2 unspecified atom stereocenters. The molecule has 3 rings (SSSR count). The Balaban J connectivity index is 2.04. The lowest BCUT2D eigenvalue weighted by Gasteiger charge is -2.15. The molecule has 0 saturated heterocycles. The van der Waals surface area contributed by atoms with Crippen LogP contribution in [0.1, 0.15) is 32.8 Å². The van der Waals surface area contributed by atoms with Gasteiger partial charge >= 0.3 is 0 Å². The maximum atomic E-state index is 9.54. The van der Waals surface area contributed by atoms with Gasteiger partial charge in [0.1, 0.15) is 0 Å². The van der Waals surface area contributed by atoms with Crippen molar-refractivity contribution in [1.82, 2.24) is 4.57 Å². The summed E-state index contributed by atoms with van der Waals surface area (Å²) in [4.78, 5) is 4.62. The van der Waals surface area contributed by atoms with Crippen LogP contribution in [-0.2, 0) is 6.54 Å². The first-order valence-corrected chi connectivity index (χ1v) is 8.84. The Bertz CT molecular complexity index is 863. The number of aliphatic hydroxyl groups is 1. The first-order chi connectivity index (χ1) is 11.7. The van der Waals surface area contributed by atoms with Crippen LogP contribution in [0.5, 0.6) is 0 Å². The monoisotopic (exact) mass is 322 g/mol. The first-order valence-electron chi connectivity index (χ1n) is 8.84. The molecule has 1 aromatic heterocycles. The molecule has 0 aliphatic heterocycles. The van der Waals surface area contributed by atoms with Crippen molar-refractivity contribution in [1.29, 1.82) is 0 Å². The molecule has 3 heteroatoms. The quantitative estimate of drug-likeness (QED) is 0.660. The molecular weight excluding hydrogens is 296 g/mol. The fraction of sp³-hybridized carbons (Fsp3) is 0.381. The summed E-state index contributed by atoms with van der Waals surface area (Å²) in [6.07, 6.45) is 2.93. The van der Waals surface area contributed by atoms with Gasteiger partial charge in [-0.1, -0.05) is 44.5 Å². The molecule has 24 heavy (non-hydrogen) atoms. The van der Waals surface area contributed by atoms with Crippen LogP contribution in [0, 0.1) is 5.92 Å². The van der Waals surface area contributed by atoms with Gasteiger partial charge in [0.2, 0.25) is 0 Å². The van der Waals surface area contributed by atoms with Gasteiger partial charge in [-0.2, -0.15) is 0 Å². The predicted molar refractivity (Wildman–Crippen MR) is 103 cm³/mol. The van der Waals surface area contributed by atoms with Crippen molar-refractivity contribution in [2.24, 2.45) is 10.9 Å². The fourth-order valence-corrected chi connectivity index (χ4v) is 3.32. The Morgan fingerprint density at radius 2 is 1.83 bits per heavy atom. The molecule has 0 radical (unpaired) electrons. The molecule has 0 aliphatic rings. The standard InChI is InChI=1S/C21H26N2O/c1-4-15(3)19(14-24)22-13-16-10-11-21-18(12-16)17-8-6-7-9-20(17)23(21)5-2/h6-13,15,19,24H,4-5,14H2,1-3H3. The van der Waals surface area contributed by atoms with Gasteiger partial charge in [-0.05, 0) is 36.6 Å². The van der Waals surface area contributed by atoms with Gasteiger partial charge in [0.15, 0.2) is 0 Å². The third kappa shape index (κ3) is 2.96. The molecule has 1 heterocycles. The Morgan fingerprint density at radius 3 is 2.54 bits per heavy atom. The molecule has 0 bridgehead atoms. The van der Waals surface area contributed by atoms with Crippen molar-refractivity contribution in [2.45, 2.75) is 39.8 Å². The number of aliphatic hydroxyl groups excluding tert-OH is 1. The van der Waals surface area contributed by atoms with Crippen LogP contribution in [0.2, 0.25) is 0 Å². The number of hydrogen-bond acceptors (Lipinski definition) is 2. The van der Waals surface area contributed by atoms with Crippen molar-refractivity contribution < 1.29 is 5.11 Å². The van der Waals surface area contributed by atoms with E-state index in [9.17, 15) is 5.11 Å². The fourth-order valence-electron chi connectivity index (χ4n) is 3.32. The Hall–Kier alpha value is -2.13. The van der Waals surface area contributed by atoms with Crippen LogP contribution in [-0.4, -0.2) is 28.5 Å². The predicted octanol–water partition coefficient (Wildman–Crippen LogP) is 4.64. The number of para-hydroxylation sites is 1. The highest BCUT2D eigenvalue weighted by atomic mass is 16.3. The molecule has 3 aromatic rings. The molecule has 126 valence electrons.